The zero-order valence-electron chi connectivity index (χ0n) is 18.8. The molecule has 1 aromatic carbocycles. The molecular weight excluding hydrogens is 352 g/mol. The molecule has 0 heterocycles. The average molecular weight is 395 g/mol. The molecule has 0 aromatic heterocycles. The number of allylic oxidation sites excluding steroid dienone is 3. The quantitative estimate of drug-likeness (QED) is 0.303. The van der Waals surface area contributed by atoms with Gasteiger partial charge in [-0.2, -0.15) is 0 Å². The Morgan fingerprint density at radius 2 is 1.41 bits per heavy atom. The first-order valence-electron chi connectivity index (χ1n) is 12.2. The van der Waals surface area contributed by atoms with Gasteiger partial charge in [-0.3, -0.25) is 0 Å². The van der Waals surface area contributed by atoms with Crippen molar-refractivity contribution in [2.45, 2.75) is 90.6 Å². The minimum atomic E-state index is 0.737. The SMILES string of the molecule is CC=CCCOCc1ccc([C@H]2CC[C@H]([C@H]3CC[C@H](CC=CC)CC3)CC2)cc1. The summed E-state index contributed by atoms with van der Waals surface area (Å²) in [6, 6.07) is 9.29. The van der Waals surface area contributed by atoms with Gasteiger partial charge in [-0.25, -0.2) is 0 Å². The Kier molecular flexibility index (Phi) is 9.54. The summed E-state index contributed by atoms with van der Waals surface area (Å²) in [5.41, 5.74) is 2.86. The summed E-state index contributed by atoms with van der Waals surface area (Å²) >= 11 is 0. The highest BCUT2D eigenvalue weighted by Crippen LogP contribution is 2.44. The Balaban J connectivity index is 1.38. The second-order valence-electron chi connectivity index (χ2n) is 9.35. The van der Waals surface area contributed by atoms with Crippen LogP contribution in [0.1, 0.15) is 95.1 Å². The van der Waals surface area contributed by atoms with Gasteiger partial charge in [-0.15, -0.1) is 0 Å². The summed E-state index contributed by atoms with van der Waals surface area (Å²) in [5, 5.41) is 0. The van der Waals surface area contributed by atoms with E-state index >= 15 is 0 Å². The molecule has 0 N–H and O–H groups in total. The van der Waals surface area contributed by atoms with E-state index in [4.69, 9.17) is 4.74 Å². The molecule has 2 aliphatic carbocycles. The van der Waals surface area contributed by atoms with Crippen LogP contribution in [-0.4, -0.2) is 6.61 Å². The minimum Gasteiger partial charge on any atom is -0.376 e. The molecule has 0 aliphatic heterocycles. The first-order chi connectivity index (χ1) is 14.3. The normalized spacial score (nSPS) is 28.3. The molecule has 2 fully saturated rings. The van der Waals surface area contributed by atoms with Crippen LogP contribution in [0.4, 0.5) is 0 Å². The van der Waals surface area contributed by atoms with Crippen molar-refractivity contribution < 1.29 is 4.74 Å². The molecule has 0 saturated heterocycles. The summed E-state index contributed by atoms with van der Waals surface area (Å²) in [6.45, 7) is 5.76. The molecule has 1 aromatic rings. The third-order valence-electron chi connectivity index (χ3n) is 7.42. The number of benzene rings is 1. The number of rotatable bonds is 9. The van der Waals surface area contributed by atoms with Crippen molar-refractivity contribution in [1.82, 2.24) is 0 Å². The molecule has 29 heavy (non-hydrogen) atoms. The maximum absolute atomic E-state index is 5.76. The Morgan fingerprint density at radius 3 is 2.03 bits per heavy atom. The van der Waals surface area contributed by atoms with Crippen molar-refractivity contribution in [3.63, 3.8) is 0 Å². The van der Waals surface area contributed by atoms with Crippen LogP contribution in [0.2, 0.25) is 0 Å². The molecule has 0 spiro atoms. The van der Waals surface area contributed by atoms with Gasteiger partial charge in [0.05, 0.1) is 13.2 Å². The molecule has 3 rings (SSSR count). The van der Waals surface area contributed by atoms with Crippen LogP contribution < -0.4 is 0 Å². The fourth-order valence-electron chi connectivity index (χ4n) is 5.54. The number of hydrogen-bond donors (Lipinski definition) is 0. The predicted molar refractivity (Wildman–Crippen MR) is 125 cm³/mol. The van der Waals surface area contributed by atoms with Crippen molar-refractivity contribution in [3.8, 4) is 0 Å². The largest absolute Gasteiger partial charge is 0.376 e. The fourth-order valence-corrected chi connectivity index (χ4v) is 5.54. The lowest BCUT2D eigenvalue weighted by Gasteiger charge is -2.38. The van der Waals surface area contributed by atoms with E-state index in [2.05, 4.69) is 62.4 Å². The van der Waals surface area contributed by atoms with Gasteiger partial charge >= 0.3 is 0 Å². The van der Waals surface area contributed by atoms with E-state index in [1.165, 1.54) is 63.4 Å². The molecule has 0 unspecified atom stereocenters. The van der Waals surface area contributed by atoms with Gasteiger partial charge in [0.1, 0.15) is 0 Å². The van der Waals surface area contributed by atoms with E-state index in [1.54, 1.807) is 5.56 Å². The first kappa shape index (κ1) is 22.3. The molecule has 160 valence electrons. The van der Waals surface area contributed by atoms with E-state index < -0.39 is 0 Å². The van der Waals surface area contributed by atoms with Gasteiger partial charge in [0, 0.05) is 0 Å². The number of ether oxygens (including phenoxy) is 1. The van der Waals surface area contributed by atoms with Crippen molar-refractivity contribution in [2.24, 2.45) is 17.8 Å². The highest BCUT2D eigenvalue weighted by atomic mass is 16.5. The van der Waals surface area contributed by atoms with Gasteiger partial charge in [-0.05, 0) is 113 Å². The highest BCUT2D eigenvalue weighted by molar-refractivity contribution is 5.25. The standard InChI is InChI=1S/C28H42O/c1-3-5-7-21-29-22-24-11-15-26(16-12-24)28-19-17-27(18-20-28)25-13-9-23(10-14-25)8-6-4-2/h3-6,11-12,15-16,23,25,27-28H,7-10,13-14,17-22H2,1-2H3/t23-,25-,27-,28-. The molecule has 1 heteroatoms. The van der Waals surface area contributed by atoms with Crippen molar-refractivity contribution >= 4 is 0 Å². The molecule has 0 bridgehead atoms. The molecule has 0 radical (unpaired) electrons. The lowest BCUT2D eigenvalue weighted by atomic mass is 9.68. The van der Waals surface area contributed by atoms with Gasteiger partial charge in [-0.1, -0.05) is 48.6 Å². The Morgan fingerprint density at radius 1 is 0.793 bits per heavy atom. The third-order valence-corrected chi connectivity index (χ3v) is 7.42. The smallest absolute Gasteiger partial charge is 0.0717 e. The zero-order valence-corrected chi connectivity index (χ0v) is 18.8. The van der Waals surface area contributed by atoms with Crippen LogP contribution in [0.5, 0.6) is 0 Å². The maximum Gasteiger partial charge on any atom is 0.0717 e. The van der Waals surface area contributed by atoms with Gasteiger partial charge in [0.2, 0.25) is 0 Å². The first-order valence-corrected chi connectivity index (χ1v) is 12.2. The molecule has 0 amide bonds. The van der Waals surface area contributed by atoms with E-state index in [0.29, 0.717) is 0 Å². The van der Waals surface area contributed by atoms with Gasteiger partial charge in [0.25, 0.3) is 0 Å². The van der Waals surface area contributed by atoms with Crippen molar-refractivity contribution in [2.75, 3.05) is 6.61 Å². The monoisotopic (exact) mass is 394 g/mol. The van der Waals surface area contributed by atoms with Crippen molar-refractivity contribution in [1.29, 1.82) is 0 Å². The van der Waals surface area contributed by atoms with E-state index in [1.807, 2.05) is 0 Å². The highest BCUT2D eigenvalue weighted by Gasteiger charge is 2.30. The summed E-state index contributed by atoms with van der Waals surface area (Å²) in [7, 11) is 0. The Hall–Kier alpha value is -1.34. The molecule has 2 saturated carbocycles. The van der Waals surface area contributed by atoms with Crippen LogP contribution in [0.3, 0.4) is 0 Å². The second-order valence-corrected chi connectivity index (χ2v) is 9.35. The molecule has 0 atom stereocenters. The van der Waals surface area contributed by atoms with Crippen LogP contribution >= 0.6 is 0 Å². The fraction of sp³-hybridized carbons (Fsp3) is 0.643. The minimum absolute atomic E-state index is 0.737. The Labute approximate surface area is 179 Å². The maximum atomic E-state index is 5.76. The molecular formula is C28H42O. The summed E-state index contributed by atoms with van der Waals surface area (Å²) < 4.78 is 5.76. The molecule has 1 nitrogen and oxygen atoms in total. The van der Waals surface area contributed by atoms with Crippen LogP contribution in [0, 0.1) is 17.8 Å². The second kappa shape index (κ2) is 12.4. The van der Waals surface area contributed by atoms with Gasteiger partial charge < -0.3 is 4.74 Å². The summed E-state index contributed by atoms with van der Waals surface area (Å²) in [5.74, 6) is 3.75. The number of hydrogen-bond acceptors (Lipinski definition) is 1. The lowest BCUT2D eigenvalue weighted by Crippen LogP contribution is -2.25. The van der Waals surface area contributed by atoms with Gasteiger partial charge in [0.15, 0.2) is 0 Å². The van der Waals surface area contributed by atoms with Crippen LogP contribution in [0.15, 0.2) is 48.6 Å². The molecule has 2 aliphatic rings. The predicted octanol–water partition coefficient (Wildman–Crippen LogP) is 8.22. The third kappa shape index (κ3) is 7.14. The Bertz CT molecular complexity index is 610. The van der Waals surface area contributed by atoms with E-state index in [-0.39, 0.29) is 0 Å². The van der Waals surface area contributed by atoms with Crippen LogP contribution in [-0.2, 0) is 11.3 Å². The van der Waals surface area contributed by atoms with Crippen LogP contribution in [0.25, 0.3) is 0 Å². The zero-order chi connectivity index (χ0) is 20.3. The van der Waals surface area contributed by atoms with Crippen molar-refractivity contribution in [3.05, 3.63) is 59.7 Å². The van der Waals surface area contributed by atoms with E-state index in [0.717, 1.165) is 43.3 Å². The summed E-state index contributed by atoms with van der Waals surface area (Å²) in [4.78, 5) is 0. The lowest BCUT2D eigenvalue weighted by molar-refractivity contribution is 0.125. The topological polar surface area (TPSA) is 9.23 Å². The average Bonchev–Trinajstić information content (AvgIpc) is 2.78. The van der Waals surface area contributed by atoms with E-state index in [9.17, 15) is 0 Å². The summed E-state index contributed by atoms with van der Waals surface area (Å²) in [6.07, 6.45) is 22.7.